The number of esters is 2. The Morgan fingerprint density at radius 1 is 1.00 bits per heavy atom. The lowest BCUT2D eigenvalue weighted by molar-refractivity contribution is -0.137. The van der Waals surface area contributed by atoms with E-state index in [0.29, 0.717) is 0 Å². The molecular formula is C11H16O4. The van der Waals surface area contributed by atoms with E-state index in [9.17, 15) is 9.59 Å². The summed E-state index contributed by atoms with van der Waals surface area (Å²) in [5.74, 6) is -1.16. The number of hydrogen-bond acceptors (Lipinski definition) is 4. The monoisotopic (exact) mass is 212 g/mol. The van der Waals surface area contributed by atoms with Gasteiger partial charge in [0, 0.05) is 12.2 Å². The van der Waals surface area contributed by atoms with Crippen molar-refractivity contribution in [3.63, 3.8) is 0 Å². The molecule has 0 amide bonds. The largest absolute Gasteiger partial charge is 0.466 e. The number of rotatable bonds is 2. The summed E-state index contributed by atoms with van der Waals surface area (Å²) in [6, 6.07) is 0. The highest BCUT2D eigenvalue weighted by atomic mass is 16.5. The molecule has 0 radical (unpaired) electrons. The fraction of sp³-hybridized carbons (Fsp3) is 0.455. The molecule has 0 aromatic heterocycles. The standard InChI is InChI=1S/C6H8O4.C5H8/c1-9-5(7)3-4-6(8)10-2;1-2-4-5-3-1/h3-4H,1-2H3;1-2H,3-5H2/b4-3-;. The smallest absolute Gasteiger partial charge is 0.330 e. The van der Waals surface area contributed by atoms with Crippen molar-refractivity contribution in [1.82, 2.24) is 0 Å². The first kappa shape index (κ1) is 13.4. The molecule has 0 aliphatic heterocycles. The van der Waals surface area contributed by atoms with Crippen LogP contribution < -0.4 is 0 Å². The molecule has 0 saturated carbocycles. The maximum atomic E-state index is 10.3. The number of carbonyl (C=O) groups is 2. The van der Waals surface area contributed by atoms with Gasteiger partial charge in [0.1, 0.15) is 0 Å². The summed E-state index contributed by atoms with van der Waals surface area (Å²) in [4.78, 5) is 20.6. The highest BCUT2D eigenvalue weighted by Gasteiger charge is 1.94. The number of hydrogen-bond donors (Lipinski definition) is 0. The zero-order valence-corrected chi connectivity index (χ0v) is 9.06. The number of allylic oxidation sites excluding steroid dienone is 2. The minimum atomic E-state index is -0.578. The van der Waals surface area contributed by atoms with Gasteiger partial charge >= 0.3 is 11.9 Å². The van der Waals surface area contributed by atoms with Crippen LogP contribution >= 0.6 is 0 Å². The first-order chi connectivity index (χ1) is 7.20. The van der Waals surface area contributed by atoms with Crippen LogP contribution in [0.5, 0.6) is 0 Å². The average Bonchev–Trinajstić information content (AvgIpc) is 2.83. The van der Waals surface area contributed by atoms with E-state index in [0.717, 1.165) is 12.2 Å². The summed E-state index contributed by atoms with van der Waals surface area (Å²) in [5, 5.41) is 0. The molecule has 0 aromatic carbocycles. The minimum absolute atomic E-state index is 0.578. The molecule has 1 aliphatic rings. The van der Waals surface area contributed by atoms with Crippen molar-refractivity contribution in [3.8, 4) is 0 Å². The molecule has 4 nitrogen and oxygen atoms in total. The third-order valence-electron chi connectivity index (χ3n) is 1.67. The molecule has 4 heteroatoms. The van der Waals surface area contributed by atoms with Gasteiger partial charge in [-0.2, -0.15) is 0 Å². The molecule has 0 atom stereocenters. The number of ether oxygens (including phenoxy) is 2. The lowest BCUT2D eigenvalue weighted by Crippen LogP contribution is -1.98. The van der Waals surface area contributed by atoms with Gasteiger partial charge in [-0.25, -0.2) is 9.59 Å². The fourth-order valence-corrected chi connectivity index (χ4v) is 0.861. The van der Waals surface area contributed by atoms with Crippen molar-refractivity contribution in [2.45, 2.75) is 19.3 Å². The van der Waals surface area contributed by atoms with E-state index in [-0.39, 0.29) is 0 Å². The van der Waals surface area contributed by atoms with Crippen LogP contribution in [0.1, 0.15) is 19.3 Å². The van der Waals surface area contributed by atoms with Crippen LogP contribution in [-0.4, -0.2) is 26.2 Å². The summed E-state index contributed by atoms with van der Waals surface area (Å²) < 4.78 is 8.42. The molecule has 0 fully saturated rings. The first-order valence-corrected chi connectivity index (χ1v) is 4.69. The molecule has 1 rings (SSSR count). The van der Waals surface area contributed by atoms with Crippen LogP contribution in [0.2, 0.25) is 0 Å². The molecule has 0 N–H and O–H groups in total. The molecule has 0 aromatic rings. The molecule has 0 unspecified atom stereocenters. The van der Waals surface area contributed by atoms with E-state index in [2.05, 4.69) is 21.6 Å². The Morgan fingerprint density at radius 3 is 1.60 bits per heavy atom. The maximum absolute atomic E-state index is 10.3. The normalized spacial score (nSPS) is 13.2. The second-order valence-corrected chi connectivity index (χ2v) is 2.78. The highest BCUT2D eigenvalue weighted by Crippen LogP contribution is 2.05. The average molecular weight is 212 g/mol. The van der Waals surface area contributed by atoms with E-state index in [4.69, 9.17) is 0 Å². The van der Waals surface area contributed by atoms with Crippen LogP contribution in [-0.2, 0) is 19.1 Å². The Hall–Kier alpha value is -1.58. The molecule has 0 saturated heterocycles. The second-order valence-electron chi connectivity index (χ2n) is 2.78. The number of carbonyl (C=O) groups excluding carboxylic acids is 2. The van der Waals surface area contributed by atoms with E-state index >= 15 is 0 Å². The van der Waals surface area contributed by atoms with Crippen LogP contribution in [0.3, 0.4) is 0 Å². The summed E-state index contributed by atoms with van der Waals surface area (Å²) in [7, 11) is 2.45. The summed E-state index contributed by atoms with van der Waals surface area (Å²) >= 11 is 0. The van der Waals surface area contributed by atoms with Crippen molar-refractivity contribution in [1.29, 1.82) is 0 Å². The lowest BCUT2D eigenvalue weighted by atomic mass is 10.4. The second kappa shape index (κ2) is 8.99. The molecule has 84 valence electrons. The topological polar surface area (TPSA) is 52.6 Å². The number of methoxy groups -OCH3 is 2. The van der Waals surface area contributed by atoms with Crippen molar-refractivity contribution >= 4 is 11.9 Å². The predicted octanol–water partition coefficient (Wildman–Crippen LogP) is 1.62. The minimum Gasteiger partial charge on any atom is -0.466 e. The van der Waals surface area contributed by atoms with Gasteiger partial charge in [-0.3, -0.25) is 0 Å². The van der Waals surface area contributed by atoms with Crippen LogP contribution in [0.25, 0.3) is 0 Å². The summed E-state index contributed by atoms with van der Waals surface area (Å²) in [6.45, 7) is 0. The Morgan fingerprint density at radius 2 is 1.40 bits per heavy atom. The van der Waals surface area contributed by atoms with Gasteiger partial charge in [-0.15, -0.1) is 0 Å². The highest BCUT2D eigenvalue weighted by molar-refractivity contribution is 5.91. The Kier molecular flexibility index (Phi) is 8.05. The van der Waals surface area contributed by atoms with Gasteiger partial charge in [-0.05, 0) is 19.3 Å². The third kappa shape index (κ3) is 8.74. The molecular weight excluding hydrogens is 196 g/mol. The van der Waals surface area contributed by atoms with Gasteiger partial charge in [0.05, 0.1) is 14.2 Å². The predicted molar refractivity (Wildman–Crippen MR) is 56.2 cm³/mol. The molecule has 15 heavy (non-hydrogen) atoms. The van der Waals surface area contributed by atoms with Gasteiger partial charge in [0.15, 0.2) is 0 Å². The Balaban J connectivity index is 0.000000322. The zero-order valence-electron chi connectivity index (χ0n) is 9.06. The molecule has 1 aliphatic carbocycles. The molecule has 0 heterocycles. The fourth-order valence-electron chi connectivity index (χ4n) is 0.861. The van der Waals surface area contributed by atoms with Gasteiger partial charge in [-0.1, -0.05) is 12.2 Å². The SMILES string of the molecule is C1=CCCC1.COC(=O)/C=C\C(=O)OC. The van der Waals surface area contributed by atoms with E-state index in [1.54, 1.807) is 0 Å². The molecule has 0 bridgehead atoms. The first-order valence-electron chi connectivity index (χ1n) is 4.69. The van der Waals surface area contributed by atoms with Crippen molar-refractivity contribution in [3.05, 3.63) is 24.3 Å². The van der Waals surface area contributed by atoms with Crippen LogP contribution in [0, 0.1) is 0 Å². The van der Waals surface area contributed by atoms with Gasteiger partial charge < -0.3 is 9.47 Å². The third-order valence-corrected chi connectivity index (χ3v) is 1.67. The quantitative estimate of drug-likeness (QED) is 0.396. The van der Waals surface area contributed by atoms with Crippen molar-refractivity contribution < 1.29 is 19.1 Å². The summed E-state index contributed by atoms with van der Waals surface area (Å²) in [6.07, 6.45) is 10.5. The van der Waals surface area contributed by atoms with Crippen molar-refractivity contribution in [2.75, 3.05) is 14.2 Å². The van der Waals surface area contributed by atoms with E-state index < -0.39 is 11.9 Å². The van der Waals surface area contributed by atoms with E-state index in [1.807, 2.05) is 0 Å². The molecule has 0 spiro atoms. The lowest BCUT2D eigenvalue weighted by Gasteiger charge is -1.89. The van der Waals surface area contributed by atoms with Crippen molar-refractivity contribution in [2.24, 2.45) is 0 Å². The van der Waals surface area contributed by atoms with Gasteiger partial charge in [0.2, 0.25) is 0 Å². The maximum Gasteiger partial charge on any atom is 0.330 e. The van der Waals surface area contributed by atoms with Crippen LogP contribution in [0.4, 0.5) is 0 Å². The van der Waals surface area contributed by atoms with E-state index in [1.165, 1.54) is 33.5 Å². The van der Waals surface area contributed by atoms with Gasteiger partial charge in [0.25, 0.3) is 0 Å². The van der Waals surface area contributed by atoms with Crippen LogP contribution in [0.15, 0.2) is 24.3 Å². The zero-order chi connectivity index (χ0) is 11.5. The Bertz CT molecular complexity index is 229. The summed E-state index contributed by atoms with van der Waals surface area (Å²) in [5.41, 5.74) is 0. The Labute approximate surface area is 89.6 Å².